The molecule has 110 valence electrons. The number of aryl methyl sites for hydroxylation is 1. The number of aromatic nitrogens is 2. The number of rotatable bonds is 2. The zero-order valence-corrected chi connectivity index (χ0v) is 11.2. The van der Waals surface area contributed by atoms with Gasteiger partial charge in [0.1, 0.15) is 11.7 Å². The van der Waals surface area contributed by atoms with Crippen LogP contribution in [-0.2, 0) is 4.74 Å². The average Bonchev–Trinajstić information content (AvgIpc) is 2.81. The SMILES string of the molecule is Cc1cn([C@@H]2O[C@@]3(CO)CN(C)[C@@H]2[C@@H]3O)c(=O)[nH]c1=O. The first-order chi connectivity index (χ1) is 9.39. The van der Waals surface area contributed by atoms with Gasteiger partial charge in [-0.25, -0.2) is 4.79 Å². The fourth-order valence-electron chi connectivity index (χ4n) is 3.14. The molecule has 2 saturated heterocycles. The second kappa shape index (κ2) is 4.26. The molecule has 1 aromatic heterocycles. The van der Waals surface area contributed by atoms with Crippen molar-refractivity contribution in [3.8, 4) is 0 Å². The molecule has 0 radical (unpaired) electrons. The van der Waals surface area contributed by atoms with Gasteiger partial charge in [0.15, 0.2) is 6.23 Å². The van der Waals surface area contributed by atoms with Gasteiger partial charge in [-0.05, 0) is 14.0 Å². The second-order valence-electron chi connectivity index (χ2n) is 5.56. The monoisotopic (exact) mass is 283 g/mol. The predicted octanol–water partition coefficient (Wildman–Crippen LogP) is -2.22. The normalized spacial score (nSPS) is 36.7. The van der Waals surface area contributed by atoms with E-state index >= 15 is 0 Å². The van der Waals surface area contributed by atoms with Crippen LogP contribution in [-0.4, -0.2) is 62.6 Å². The maximum atomic E-state index is 11.9. The Labute approximate surface area is 114 Å². The number of nitrogens with one attached hydrogen (secondary N) is 1. The average molecular weight is 283 g/mol. The minimum atomic E-state index is -1.08. The minimum Gasteiger partial charge on any atom is -0.393 e. The molecule has 1 aromatic rings. The molecule has 2 fully saturated rings. The lowest BCUT2D eigenvalue weighted by Crippen LogP contribution is -2.48. The largest absolute Gasteiger partial charge is 0.393 e. The molecule has 0 amide bonds. The third kappa shape index (κ3) is 1.62. The molecule has 8 nitrogen and oxygen atoms in total. The summed E-state index contributed by atoms with van der Waals surface area (Å²) < 4.78 is 7.00. The lowest BCUT2D eigenvalue weighted by molar-refractivity contribution is -0.151. The van der Waals surface area contributed by atoms with Crippen LogP contribution >= 0.6 is 0 Å². The van der Waals surface area contributed by atoms with E-state index in [9.17, 15) is 19.8 Å². The van der Waals surface area contributed by atoms with Gasteiger partial charge < -0.3 is 14.9 Å². The molecule has 2 aliphatic heterocycles. The van der Waals surface area contributed by atoms with Crippen molar-refractivity contribution in [2.24, 2.45) is 0 Å². The number of likely N-dealkylation sites (N-methyl/N-ethyl adjacent to an activating group) is 1. The Morgan fingerprint density at radius 2 is 2.25 bits per heavy atom. The van der Waals surface area contributed by atoms with Crippen LogP contribution in [0.25, 0.3) is 0 Å². The Kier molecular flexibility index (Phi) is 2.87. The number of aromatic amines is 1. The number of H-pyrrole nitrogens is 1. The van der Waals surface area contributed by atoms with Crippen molar-refractivity contribution in [1.82, 2.24) is 14.5 Å². The Balaban J connectivity index is 2.07. The number of likely N-dealkylation sites (tertiary alicyclic amines) is 1. The highest BCUT2D eigenvalue weighted by atomic mass is 16.6. The first-order valence-corrected chi connectivity index (χ1v) is 6.39. The van der Waals surface area contributed by atoms with Gasteiger partial charge in [-0.1, -0.05) is 0 Å². The van der Waals surface area contributed by atoms with E-state index < -0.39 is 35.2 Å². The van der Waals surface area contributed by atoms with Gasteiger partial charge in [-0.2, -0.15) is 0 Å². The zero-order valence-electron chi connectivity index (χ0n) is 11.2. The maximum Gasteiger partial charge on any atom is 0.330 e. The highest BCUT2D eigenvalue weighted by Crippen LogP contribution is 2.45. The third-order valence-electron chi connectivity index (χ3n) is 4.22. The van der Waals surface area contributed by atoms with Crippen molar-refractivity contribution in [2.75, 3.05) is 20.2 Å². The highest BCUT2D eigenvalue weighted by molar-refractivity contribution is 5.13. The van der Waals surface area contributed by atoms with Gasteiger partial charge >= 0.3 is 5.69 Å². The van der Waals surface area contributed by atoms with E-state index in [0.717, 1.165) is 0 Å². The van der Waals surface area contributed by atoms with Gasteiger partial charge in [0.25, 0.3) is 5.56 Å². The smallest absolute Gasteiger partial charge is 0.330 e. The standard InChI is InChI=1S/C12H17N3O5/c1-6-3-15(11(19)13-9(6)18)10-7-8(17)12(5-16,20-10)4-14(7)2/h3,7-8,10,16-17H,4-5H2,1-2H3,(H,13,18,19)/t7-,8+,10-,12-/m1/s1. The Morgan fingerprint density at radius 3 is 2.85 bits per heavy atom. The molecule has 0 spiro atoms. The van der Waals surface area contributed by atoms with Gasteiger partial charge in [-0.3, -0.25) is 19.2 Å². The summed E-state index contributed by atoms with van der Waals surface area (Å²) in [6, 6.07) is -0.440. The van der Waals surface area contributed by atoms with Crippen molar-refractivity contribution in [2.45, 2.75) is 30.9 Å². The van der Waals surface area contributed by atoms with Crippen molar-refractivity contribution < 1.29 is 14.9 Å². The molecule has 0 aliphatic carbocycles. The summed E-state index contributed by atoms with van der Waals surface area (Å²) in [5.74, 6) is 0. The third-order valence-corrected chi connectivity index (χ3v) is 4.22. The molecule has 0 unspecified atom stereocenters. The molecule has 0 saturated carbocycles. The van der Waals surface area contributed by atoms with E-state index in [1.165, 1.54) is 10.8 Å². The van der Waals surface area contributed by atoms with Gasteiger partial charge in [0, 0.05) is 18.3 Å². The molecular formula is C12H17N3O5. The lowest BCUT2D eigenvalue weighted by atomic mass is 10.0. The molecular weight excluding hydrogens is 266 g/mol. The highest BCUT2D eigenvalue weighted by Gasteiger charge is 2.62. The predicted molar refractivity (Wildman–Crippen MR) is 68.4 cm³/mol. The first kappa shape index (κ1) is 13.5. The van der Waals surface area contributed by atoms with Crippen LogP contribution in [0.4, 0.5) is 0 Å². The number of hydrogen-bond acceptors (Lipinski definition) is 6. The molecule has 2 aliphatic rings. The van der Waals surface area contributed by atoms with E-state index in [4.69, 9.17) is 4.74 Å². The summed E-state index contributed by atoms with van der Waals surface area (Å²) in [6.45, 7) is 1.65. The van der Waals surface area contributed by atoms with E-state index in [2.05, 4.69) is 4.98 Å². The quantitative estimate of drug-likeness (QED) is 0.567. The van der Waals surface area contributed by atoms with Crippen LogP contribution in [0.5, 0.6) is 0 Å². The van der Waals surface area contributed by atoms with Crippen molar-refractivity contribution in [3.63, 3.8) is 0 Å². The molecule has 3 heterocycles. The van der Waals surface area contributed by atoms with E-state index in [-0.39, 0.29) is 6.61 Å². The maximum absolute atomic E-state index is 11.9. The van der Waals surface area contributed by atoms with Crippen LogP contribution in [0.15, 0.2) is 15.8 Å². The molecule has 3 N–H and O–H groups in total. The summed E-state index contributed by atoms with van der Waals surface area (Å²) in [6.07, 6.45) is -0.210. The number of aliphatic hydroxyl groups excluding tert-OH is 2. The van der Waals surface area contributed by atoms with E-state index in [1.54, 1.807) is 14.0 Å². The molecule has 0 aromatic carbocycles. The number of nitrogens with zero attached hydrogens (tertiary/aromatic N) is 2. The van der Waals surface area contributed by atoms with Crippen molar-refractivity contribution in [3.05, 3.63) is 32.6 Å². The fourth-order valence-corrected chi connectivity index (χ4v) is 3.14. The lowest BCUT2D eigenvalue weighted by Gasteiger charge is -2.34. The molecule has 2 bridgehead atoms. The molecule has 3 rings (SSSR count). The molecule has 4 atom stereocenters. The van der Waals surface area contributed by atoms with Gasteiger partial charge in [0.2, 0.25) is 0 Å². The molecule has 8 heteroatoms. The van der Waals surface area contributed by atoms with Crippen LogP contribution in [0.3, 0.4) is 0 Å². The summed E-state index contributed by atoms with van der Waals surface area (Å²) in [5.41, 5.74) is -1.73. The van der Waals surface area contributed by atoms with Crippen LogP contribution in [0.2, 0.25) is 0 Å². The van der Waals surface area contributed by atoms with Crippen molar-refractivity contribution >= 4 is 0 Å². The van der Waals surface area contributed by atoms with Gasteiger partial charge in [-0.15, -0.1) is 0 Å². The Morgan fingerprint density at radius 1 is 1.55 bits per heavy atom. The minimum absolute atomic E-state index is 0.331. The van der Waals surface area contributed by atoms with E-state index in [1.807, 2.05) is 4.90 Å². The second-order valence-corrected chi connectivity index (χ2v) is 5.56. The van der Waals surface area contributed by atoms with Gasteiger partial charge in [0.05, 0.1) is 12.6 Å². The number of ether oxygens (including phenoxy) is 1. The Bertz CT molecular complexity index is 653. The van der Waals surface area contributed by atoms with E-state index in [0.29, 0.717) is 12.1 Å². The van der Waals surface area contributed by atoms with Crippen LogP contribution in [0, 0.1) is 6.92 Å². The summed E-state index contributed by atoms with van der Waals surface area (Å²) in [7, 11) is 1.80. The number of morpholine rings is 1. The van der Waals surface area contributed by atoms with Crippen LogP contribution < -0.4 is 11.2 Å². The number of fused-ring (bicyclic) bond motifs is 2. The number of hydrogen-bond donors (Lipinski definition) is 3. The fraction of sp³-hybridized carbons (Fsp3) is 0.667. The van der Waals surface area contributed by atoms with Crippen LogP contribution in [0.1, 0.15) is 11.8 Å². The first-order valence-electron chi connectivity index (χ1n) is 6.39. The number of aliphatic hydroxyl groups is 2. The topological polar surface area (TPSA) is 108 Å². The zero-order chi connectivity index (χ0) is 14.7. The molecule has 20 heavy (non-hydrogen) atoms. The Hall–Kier alpha value is -1.48. The summed E-state index contributed by atoms with van der Waals surface area (Å²) in [4.78, 5) is 27.4. The van der Waals surface area contributed by atoms with Crippen molar-refractivity contribution in [1.29, 1.82) is 0 Å². The summed E-state index contributed by atoms with van der Waals surface area (Å²) >= 11 is 0. The summed E-state index contributed by atoms with van der Waals surface area (Å²) in [5, 5.41) is 19.8.